The lowest BCUT2D eigenvalue weighted by atomic mass is 10.0. The van der Waals surface area contributed by atoms with Gasteiger partial charge in [0.2, 0.25) is 0 Å². The van der Waals surface area contributed by atoms with Gasteiger partial charge in [-0.1, -0.05) is 39.5 Å². The van der Waals surface area contributed by atoms with Gasteiger partial charge in [0, 0.05) is 17.9 Å². The van der Waals surface area contributed by atoms with E-state index in [1.54, 1.807) is 0 Å². The zero-order valence-corrected chi connectivity index (χ0v) is 12.3. The number of thioether (sulfide) groups is 1. The van der Waals surface area contributed by atoms with E-state index in [1.165, 1.54) is 17.5 Å². The van der Waals surface area contributed by atoms with Crippen LogP contribution in [0.2, 0.25) is 0 Å². The first-order valence-corrected chi connectivity index (χ1v) is 7.40. The summed E-state index contributed by atoms with van der Waals surface area (Å²) >= 11 is 1.30. The summed E-state index contributed by atoms with van der Waals surface area (Å²) in [4.78, 5) is 15.0. The van der Waals surface area contributed by atoms with Crippen molar-refractivity contribution in [2.75, 3.05) is 5.75 Å². The summed E-state index contributed by atoms with van der Waals surface area (Å²) < 4.78 is 2.22. The lowest BCUT2D eigenvalue weighted by molar-refractivity contribution is -0.133. The van der Waals surface area contributed by atoms with Crippen LogP contribution in [0, 0.1) is 5.92 Å². The summed E-state index contributed by atoms with van der Waals surface area (Å²) in [6.45, 7) is 8.65. The maximum absolute atomic E-state index is 10.7. The summed E-state index contributed by atoms with van der Waals surface area (Å²) in [7, 11) is 0. The Morgan fingerprint density at radius 2 is 2.17 bits per heavy atom. The van der Waals surface area contributed by atoms with Crippen molar-refractivity contribution in [1.82, 2.24) is 9.55 Å². The number of nitrogens with zero attached hydrogens (tertiary/aromatic N) is 2. The van der Waals surface area contributed by atoms with Crippen LogP contribution < -0.4 is 0 Å². The number of hydrogen-bond acceptors (Lipinski definition) is 3. The second-order valence-corrected chi connectivity index (χ2v) is 5.60. The Hall–Kier alpha value is -0.970. The number of aromatic nitrogens is 2. The fourth-order valence-corrected chi connectivity index (χ4v) is 2.95. The van der Waals surface area contributed by atoms with Crippen molar-refractivity contribution in [3.8, 4) is 0 Å². The molecule has 1 N–H and O–H groups in total. The molecule has 0 bridgehead atoms. The van der Waals surface area contributed by atoms with Crippen molar-refractivity contribution >= 4 is 17.7 Å². The van der Waals surface area contributed by atoms with E-state index in [2.05, 4.69) is 37.2 Å². The molecule has 0 saturated carbocycles. The van der Waals surface area contributed by atoms with Gasteiger partial charge in [0.15, 0.2) is 5.16 Å². The second kappa shape index (κ2) is 6.83. The van der Waals surface area contributed by atoms with Gasteiger partial charge in [0.1, 0.15) is 0 Å². The Balaban J connectivity index is 3.04. The van der Waals surface area contributed by atoms with Gasteiger partial charge in [-0.05, 0) is 18.8 Å². The van der Waals surface area contributed by atoms with Crippen LogP contribution in [-0.2, 0) is 11.2 Å². The van der Waals surface area contributed by atoms with Gasteiger partial charge in [0.05, 0.1) is 5.75 Å². The molecule has 0 aliphatic rings. The van der Waals surface area contributed by atoms with Crippen molar-refractivity contribution in [3.05, 3.63) is 11.9 Å². The van der Waals surface area contributed by atoms with Crippen LogP contribution in [0.5, 0.6) is 0 Å². The molecule has 0 fully saturated rings. The summed E-state index contributed by atoms with van der Waals surface area (Å²) in [5.74, 6) is -0.224. The lowest BCUT2D eigenvalue weighted by Gasteiger charge is -2.24. The zero-order chi connectivity index (χ0) is 13.7. The van der Waals surface area contributed by atoms with Crippen molar-refractivity contribution < 1.29 is 9.90 Å². The minimum absolute atomic E-state index is 0.0642. The minimum Gasteiger partial charge on any atom is -0.481 e. The highest BCUT2D eigenvalue weighted by atomic mass is 32.2. The molecule has 0 spiro atoms. The minimum atomic E-state index is -0.801. The van der Waals surface area contributed by atoms with Gasteiger partial charge in [-0.2, -0.15) is 0 Å². The third kappa shape index (κ3) is 3.51. The van der Waals surface area contributed by atoms with Gasteiger partial charge in [-0.15, -0.1) is 0 Å². The molecule has 0 amide bonds. The Bertz CT molecular complexity index is 402. The molecule has 1 aromatic rings. The number of carboxylic acid groups (broad SMARTS) is 1. The van der Waals surface area contributed by atoms with Gasteiger partial charge in [0.25, 0.3) is 0 Å². The van der Waals surface area contributed by atoms with Gasteiger partial charge in [-0.25, -0.2) is 4.98 Å². The normalized spacial score (nSPS) is 12.9. The van der Waals surface area contributed by atoms with Gasteiger partial charge < -0.3 is 9.67 Å². The van der Waals surface area contributed by atoms with E-state index >= 15 is 0 Å². The number of carboxylic acids is 1. The predicted octanol–water partition coefficient (Wildman–Crippen LogP) is 3.23. The van der Waals surface area contributed by atoms with E-state index in [0.717, 1.165) is 18.0 Å². The molecule has 1 unspecified atom stereocenters. The summed E-state index contributed by atoms with van der Waals surface area (Å²) in [5, 5.41) is 9.61. The highest BCUT2D eigenvalue weighted by Gasteiger charge is 2.20. The molecular formula is C13H22N2O2S. The quantitative estimate of drug-likeness (QED) is 0.773. The maximum atomic E-state index is 10.7. The van der Waals surface area contributed by atoms with Crippen molar-refractivity contribution in [2.24, 2.45) is 5.92 Å². The summed E-state index contributed by atoms with van der Waals surface area (Å²) in [5.41, 5.74) is 1.18. The van der Waals surface area contributed by atoms with E-state index in [-0.39, 0.29) is 5.75 Å². The van der Waals surface area contributed by atoms with Gasteiger partial charge in [-0.3, -0.25) is 4.79 Å². The Labute approximate surface area is 113 Å². The Morgan fingerprint density at radius 3 is 2.61 bits per heavy atom. The Kier molecular flexibility index (Phi) is 5.72. The van der Waals surface area contributed by atoms with Crippen LogP contribution in [0.3, 0.4) is 0 Å². The number of rotatable bonds is 7. The Morgan fingerprint density at radius 1 is 1.50 bits per heavy atom. The monoisotopic (exact) mass is 270 g/mol. The molecule has 1 atom stereocenters. The molecule has 0 aliphatic heterocycles. The number of carbonyl (C=O) groups is 1. The van der Waals surface area contributed by atoms with Crippen LogP contribution >= 0.6 is 11.8 Å². The van der Waals surface area contributed by atoms with E-state index in [9.17, 15) is 4.79 Å². The maximum Gasteiger partial charge on any atom is 0.313 e. The molecule has 0 radical (unpaired) electrons. The molecular weight excluding hydrogens is 248 g/mol. The smallest absolute Gasteiger partial charge is 0.313 e. The topological polar surface area (TPSA) is 55.1 Å². The van der Waals surface area contributed by atoms with Crippen LogP contribution in [0.4, 0.5) is 0 Å². The molecule has 0 aliphatic carbocycles. The van der Waals surface area contributed by atoms with Crippen molar-refractivity contribution in [2.45, 2.75) is 51.7 Å². The number of hydrogen-bond donors (Lipinski definition) is 1. The first-order chi connectivity index (χ1) is 8.51. The number of aryl methyl sites for hydroxylation is 1. The molecule has 102 valence electrons. The van der Waals surface area contributed by atoms with Crippen LogP contribution in [0.1, 0.15) is 45.9 Å². The van der Waals surface area contributed by atoms with E-state index in [1.807, 2.05) is 6.20 Å². The fourth-order valence-electron chi connectivity index (χ4n) is 2.18. The first kappa shape index (κ1) is 15.1. The van der Waals surface area contributed by atoms with E-state index in [0.29, 0.717) is 12.0 Å². The zero-order valence-electron chi connectivity index (χ0n) is 11.5. The number of imidazole rings is 1. The third-order valence-electron chi connectivity index (χ3n) is 3.05. The molecule has 4 nitrogen and oxygen atoms in total. The standard InChI is InChI=1S/C13H22N2O2S/c1-5-10-7-14-13(18-8-12(16)17)15(10)11(6-2)9(3)4/h7,9,11H,5-6,8H2,1-4H3,(H,16,17). The molecule has 5 heteroatoms. The summed E-state index contributed by atoms with van der Waals surface area (Å²) in [6.07, 6.45) is 3.82. The van der Waals surface area contributed by atoms with E-state index < -0.39 is 5.97 Å². The van der Waals surface area contributed by atoms with Crippen LogP contribution in [-0.4, -0.2) is 26.4 Å². The predicted molar refractivity (Wildman–Crippen MR) is 74.1 cm³/mol. The van der Waals surface area contributed by atoms with Crippen LogP contribution in [0.25, 0.3) is 0 Å². The fraction of sp³-hybridized carbons (Fsp3) is 0.692. The largest absolute Gasteiger partial charge is 0.481 e. The molecule has 1 rings (SSSR count). The second-order valence-electron chi connectivity index (χ2n) is 4.66. The van der Waals surface area contributed by atoms with Crippen molar-refractivity contribution in [1.29, 1.82) is 0 Å². The first-order valence-electron chi connectivity index (χ1n) is 6.41. The average molecular weight is 270 g/mol. The van der Waals surface area contributed by atoms with Crippen molar-refractivity contribution in [3.63, 3.8) is 0 Å². The van der Waals surface area contributed by atoms with E-state index in [4.69, 9.17) is 5.11 Å². The molecule has 0 aromatic carbocycles. The number of aliphatic carboxylic acids is 1. The SMILES string of the molecule is CCc1cnc(SCC(=O)O)n1C(CC)C(C)C. The van der Waals surface area contributed by atoms with Crippen LogP contribution in [0.15, 0.2) is 11.4 Å². The molecule has 1 aromatic heterocycles. The highest BCUT2D eigenvalue weighted by Crippen LogP contribution is 2.29. The summed E-state index contributed by atoms with van der Waals surface area (Å²) in [6, 6.07) is 0.388. The molecule has 0 saturated heterocycles. The lowest BCUT2D eigenvalue weighted by Crippen LogP contribution is -2.18. The molecule has 18 heavy (non-hydrogen) atoms. The third-order valence-corrected chi connectivity index (χ3v) is 4.00. The highest BCUT2D eigenvalue weighted by molar-refractivity contribution is 7.99. The average Bonchev–Trinajstić information content (AvgIpc) is 2.70. The molecule has 1 heterocycles. The van der Waals surface area contributed by atoms with Gasteiger partial charge >= 0.3 is 5.97 Å².